The molecule has 11 heavy (non-hydrogen) atoms. The molecule has 3 heteroatoms. The predicted molar refractivity (Wildman–Crippen MR) is 42.9 cm³/mol. The van der Waals surface area contributed by atoms with Crippen LogP contribution in [0.5, 0.6) is 0 Å². The van der Waals surface area contributed by atoms with Crippen LogP contribution in [0.4, 0.5) is 0 Å². The second-order valence-electron chi connectivity index (χ2n) is 3.19. The average molecular weight is 152 g/mol. The molecule has 0 aromatic heterocycles. The Morgan fingerprint density at radius 1 is 1.55 bits per heavy atom. The van der Waals surface area contributed by atoms with Gasteiger partial charge in [0.05, 0.1) is 5.54 Å². The van der Waals surface area contributed by atoms with Crippen LogP contribution >= 0.6 is 0 Å². The van der Waals surface area contributed by atoms with Crippen LogP contribution in [0, 0.1) is 0 Å². The molecule has 2 rings (SSSR count). The molecule has 0 radical (unpaired) electrons. The Morgan fingerprint density at radius 3 is 2.82 bits per heavy atom. The monoisotopic (exact) mass is 152 g/mol. The molecule has 2 aliphatic rings. The van der Waals surface area contributed by atoms with Gasteiger partial charge in [-0.2, -0.15) is 5.48 Å². The van der Waals surface area contributed by atoms with Gasteiger partial charge in [0, 0.05) is 12.8 Å². The molecule has 2 N–H and O–H groups in total. The number of hydrogen-bond donors (Lipinski definition) is 2. The third kappa shape index (κ3) is 1.10. The minimum absolute atomic E-state index is 0.0631. The van der Waals surface area contributed by atoms with E-state index in [1.54, 1.807) is 0 Å². The largest absolute Gasteiger partial charge is 0.316 e. The van der Waals surface area contributed by atoms with E-state index in [0.29, 0.717) is 0 Å². The number of hydrogen-bond acceptors (Lipinski definition) is 3. The van der Waals surface area contributed by atoms with E-state index in [4.69, 9.17) is 5.21 Å². The van der Waals surface area contributed by atoms with Crippen LogP contribution in [-0.4, -0.2) is 23.5 Å². The van der Waals surface area contributed by atoms with Gasteiger partial charge in [0.1, 0.15) is 0 Å². The Balaban J connectivity index is 2.14. The van der Waals surface area contributed by atoms with Crippen molar-refractivity contribution in [3.8, 4) is 0 Å². The van der Waals surface area contributed by atoms with Crippen LogP contribution in [0.15, 0.2) is 16.6 Å². The lowest BCUT2D eigenvalue weighted by Crippen LogP contribution is -2.31. The summed E-state index contributed by atoms with van der Waals surface area (Å²) in [7, 11) is 0. The lowest BCUT2D eigenvalue weighted by Gasteiger charge is -2.17. The van der Waals surface area contributed by atoms with Gasteiger partial charge in [0.2, 0.25) is 0 Å². The highest BCUT2D eigenvalue weighted by atomic mass is 16.5. The van der Waals surface area contributed by atoms with Gasteiger partial charge < -0.3 is 5.21 Å². The van der Waals surface area contributed by atoms with Gasteiger partial charge in [-0.1, -0.05) is 0 Å². The standard InChI is InChI=1S/C8H12N2O/c11-10-8(3-4-8)7-1-5-9-6-2-7/h1,5,10-11H,2-4,6H2. The van der Waals surface area contributed by atoms with E-state index in [2.05, 4.69) is 10.5 Å². The Bertz CT molecular complexity index is 216. The molecular weight excluding hydrogens is 140 g/mol. The summed E-state index contributed by atoms with van der Waals surface area (Å²) in [5, 5.41) is 8.87. The highest BCUT2D eigenvalue weighted by molar-refractivity contribution is 5.74. The topological polar surface area (TPSA) is 44.6 Å². The maximum absolute atomic E-state index is 8.87. The average Bonchev–Trinajstić information content (AvgIpc) is 2.86. The number of nitrogens with zero attached hydrogens (tertiary/aromatic N) is 1. The molecule has 0 unspecified atom stereocenters. The first-order valence-electron chi connectivity index (χ1n) is 3.98. The first-order chi connectivity index (χ1) is 5.37. The lowest BCUT2D eigenvalue weighted by atomic mass is 10.0. The Labute approximate surface area is 65.8 Å². The summed E-state index contributed by atoms with van der Waals surface area (Å²) >= 11 is 0. The second-order valence-corrected chi connectivity index (χ2v) is 3.19. The second kappa shape index (κ2) is 2.43. The number of aliphatic imine (C=N–C) groups is 1. The van der Waals surface area contributed by atoms with Crippen molar-refractivity contribution in [2.45, 2.75) is 24.8 Å². The van der Waals surface area contributed by atoms with E-state index >= 15 is 0 Å². The normalized spacial score (nSPS) is 26.5. The van der Waals surface area contributed by atoms with Crippen molar-refractivity contribution in [3.63, 3.8) is 0 Å². The van der Waals surface area contributed by atoms with E-state index in [1.807, 2.05) is 12.3 Å². The molecule has 0 bridgehead atoms. The van der Waals surface area contributed by atoms with E-state index in [9.17, 15) is 0 Å². The molecule has 1 saturated carbocycles. The summed E-state index contributed by atoms with van der Waals surface area (Å²) in [6.45, 7) is 0.870. The van der Waals surface area contributed by atoms with Crippen molar-refractivity contribution in [1.82, 2.24) is 5.48 Å². The summed E-state index contributed by atoms with van der Waals surface area (Å²) in [6, 6.07) is 0. The van der Waals surface area contributed by atoms with Crippen LogP contribution in [0.25, 0.3) is 0 Å². The Morgan fingerprint density at radius 2 is 2.36 bits per heavy atom. The zero-order chi connectivity index (χ0) is 7.73. The van der Waals surface area contributed by atoms with Gasteiger partial charge in [0.25, 0.3) is 0 Å². The Kier molecular flexibility index (Phi) is 1.55. The van der Waals surface area contributed by atoms with Crippen LogP contribution in [0.2, 0.25) is 0 Å². The molecule has 0 aromatic rings. The zero-order valence-electron chi connectivity index (χ0n) is 6.38. The van der Waals surface area contributed by atoms with Crippen LogP contribution in [0.1, 0.15) is 19.3 Å². The summed E-state index contributed by atoms with van der Waals surface area (Å²) < 4.78 is 0. The van der Waals surface area contributed by atoms with E-state index in [1.165, 1.54) is 5.57 Å². The highest BCUT2D eigenvalue weighted by Gasteiger charge is 2.45. The number of hydroxylamine groups is 1. The maximum Gasteiger partial charge on any atom is 0.0644 e. The van der Waals surface area contributed by atoms with Gasteiger partial charge in [-0.3, -0.25) is 4.99 Å². The molecule has 0 aromatic carbocycles. The fourth-order valence-electron chi connectivity index (χ4n) is 1.51. The third-order valence-corrected chi connectivity index (χ3v) is 2.47. The van der Waals surface area contributed by atoms with Crippen molar-refractivity contribution in [3.05, 3.63) is 11.6 Å². The molecule has 0 saturated heterocycles. The van der Waals surface area contributed by atoms with E-state index in [-0.39, 0.29) is 5.54 Å². The summed E-state index contributed by atoms with van der Waals surface area (Å²) in [5.41, 5.74) is 3.63. The molecule has 3 nitrogen and oxygen atoms in total. The van der Waals surface area contributed by atoms with Crippen molar-refractivity contribution in [2.75, 3.05) is 6.54 Å². The lowest BCUT2D eigenvalue weighted by molar-refractivity contribution is 0.128. The van der Waals surface area contributed by atoms with E-state index < -0.39 is 0 Å². The van der Waals surface area contributed by atoms with Gasteiger partial charge in [-0.25, -0.2) is 0 Å². The van der Waals surface area contributed by atoms with Gasteiger partial charge in [0.15, 0.2) is 0 Å². The number of nitrogens with one attached hydrogen (secondary N) is 1. The van der Waals surface area contributed by atoms with Crippen molar-refractivity contribution >= 4 is 6.21 Å². The fraction of sp³-hybridized carbons (Fsp3) is 0.625. The molecule has 0 amide bonds. The van der Waals surface area contributed by atoms with E-state index in [0.717, 1.165) is 25.8 Å². The summed E-state index contributed by atoms with van der Waals surface area (Å²) in [6.07, 6.45) is 6.95. The third-order valence-electron chi connectivity index (χ3n) is 2.47. The quantitative estimate of drug-likeness (QED) is 0.577. The molecule has 0 spiro atoms. The number of allylic oxidation sites excluding steroid dienone is 1. The zero-order valence-corrected chi connectivity index (χ0v) is 6.38. The maximum atomic E-state index is 8.87. The van der Waals surface area contributed by atoms with Crippen molar-refractivity contribution in [2.24, 2.45) is 4.99 Å². The molecular formula is C8H12N2O. The summed E-state index contributed by atoms with van der Waals surface area (Å²) in [5.74, 6) is 0. The molecule has 1 fully saturated rings. The van der Waals surface area contributed by atoms with Crippen molar-refractivity contribution < 1.29 is 5.21 Å². The molecule has 1 heterocycles. The van der Waals surface area contributed by atoms with Gasteiger partial charge in [-0.15, -0.1) is 0 Å². The minimum atomic E-state index is -0.0631. The van der Waals surface area contributed by atoms with Crippen LogP contribution < -0.4 is 5.48 Å². The van der Waals surface area contributed by atoms with Crippen molar-refractivity contribution in [1.29, 1.82) is 0 Å². The van der Waals surface area contributed by atoms with Crippen LogP contribution in [-0.2, 0) is 0 Å². The SMILES string of the molecule is ONC1(C2=CC=NCC2)CC1. The number of dihydropyridines is 1. The molecule has 1 aliphatic heterocycles. The highest BCUT2D eigenvalue weighted by Crippen LogP contribution is 2.43. The fourth-order valence-corrected chi connectivity index (χ4v) is 1.51. The van der Waals surface area contributed by atoms with Gasteiger partial charge in [-0.05, 0) is 30.9 Å². The Hall–Kier alpha value is -0.670. The predicted octanol–water partition coefficient (Wildman–Crippen LogP) is 0.899. The molecule has 0 atom stereocenters. The first-order valence-corrected chi connectivity index (χ1v) is 3.98. The summed E-state index contributed by atoms with van der Waals surface area (Å²) in [4.78, 5) is 4.09. The molecule has 60 valence electrons. The minimum Gasteiger partial charge on any atom is -0.316 e. The smallest absolute Gasteiger partial charge is 0.0644 e. The molecule has 1 aliphatic carbocycles. The van der Waals surface area contributed by atoms with Gasteiger partial charge >= 0.3 is 0 Å². The first kappa shape index (κ1) is 7.00. The van der Waals surface area contributed by atoms with Crippen LogP contribution in [0.3, 0.4) is 0 Å². The number of rotatable bonds is 2.